The molecule has 0 spiro atoms. The lowest BCUT2D eigenvalue weighted by atomic mass is 9.97. The Morgan fingerprint density at radius 1 is 1.08 bits per heavy atom. The number of fused-ring (bicyclic) bond motifs is 1. The van der Waals surface area contributed by atoms with E-state index < -0.39 is 12.0 Å². The second kappa shape index (κ2) is 11.1. The molecule has 0 unspecified atom stereocenters. The molecule has 0 bridgehead atoms. The molecule has 4 heterocycles. The van der Waals surface area contributed by atoms with Crippen molar-refractivity contribution in [1.29, 1.82) is 0 Å². The van der Waals surface area contributed by atoms with Crippen LogP contribution in [0.15, 0.2) is 87.5 Å². The maximum Gasteiger partial charge on any atom is 0.338 e. The van der Waals surface area contributed by atoms with E-state index in [1.54, 1.807) is 11.5 Å². The number of thiophene rings is 1. The van der Waals surface area contributed by atoms with Crippen molar-refractivity contribution in [3.8, 4) is 0 Å². The number of hydrogen-bond donors (Lipinski definition) is 0. The summed E-state index contributed by atoms with van der Waals surface area (Å²) in [6.07, 6.45) is 1.90. The van der Waals surface area contributed by atoms with Gasteiger partial charge in [-0.05, 0) is 42.1 Å². The molecule has 1 atom stereocenters. The van der Waals surface area contributed by atoms with Crippen LogP contribution in [0.3, 0.4) is 0 Å². The summed E-state index contributed by atoms with van der Waals surface area (Å²) in [6, 6.07) is 21.1. The summed E-state index contributed by atoms with van der Waals surface area (Å²) in [5, 5.41) is 1.95. The second-order valence-electron chi connectivity index (χ2n) is 9.14. The summed E-state index contributed by atoms with van der Waals surface area (Å²) < 4.78 is 13.2. The van der Waals surface area contributed by atoms with E-state index in [1.807, 2.05) is 66.1 Å². The van der Waals surface area contributed by atoms with Gasteiger partial charge in [-0.1, -0.05) is 59.9 Å². The van der Waals surface area contributed by atoms with Gasteiger partial charge in [-0.3, -0.25) is 9.36 Å². The molecule has 0 radical (unpaired) electrons. The van der Waals surface area contributed by atoms with Gasteiger partial charge in [0.05, 0.1) is 35.6 Å². The predicted molar refractivity (Wildman–Crippen MR) is 155 cm³/mol. The lowest BCUT2D eigenvalue weighted by molar-refractivity contribution is -0.138. The van der Waals surface area contributed by atoms with Crippen molar-refractivity contribution < 1.29 is 14.3 Å². The zero-order valence-electron chi connectivity index (χ0n) is 21.4. The summed E-state index contributed by atoms with van der Waals surface area (Å²) in [7, 11) is 0. The highest BCUT2D eigenvalue weighted by Crippen LogP contribution is 2.36. The number of morpholine rings is 1. The van der Waals surface area contributed by atoms with Crippen molar-refractivity contribution in [2.75, 3.05) is 37.8 Å². The van der Waals surface area contributed by atoms with Crippen LogP contribution in [-0.2, 0) is 14.3 Å². The number of anilines is 1. The number of carbonyl (C=O) groups excluding carboxylic acids is 1. The molecular formula is C30H27N3O4S2. The third kappa shape index (κ3) is 5.01. The van der Waals surface area contributed by atoms with Crippen LogP contribution in [0.1, 0.15) is 29.0 Å². The van der Waals surface area contributed by atoms with E-state index in [-0.39, 0.29) is 12.2 Å². The molecule has 0 amide bonds. The van der Waals surface area contributed by atoms with Crippen LogP contribution in [-0.4, -0.2) is 43.4 Å². The first kappa shape index (κ1) is 25.5. The standard InChI is InChI=1S/C30H27N3O4S2/c1-2-37-29(35)25-26(21-7-4-3-5-8-21)31-30-33(27(25)23-9-6-18-38-23)28(34)24(39-30)19-20-10-12-22(13-11-20)32-14-16-36-17-15-32/h3-13,18-19,27H,2,14-17H2,1H3/b24-19+/t27-/m0/s1. The highest BCUT2D eigenvalue weighted by Gasteiger charge is 2.35. The molecule has 2 aliphatic heterocycles. The molecule has 0 saturated carbocycles. The van der Waals surface area contributed by atoms with Gasteiger partial charge in [0.15, 0.2) is 4.80 Å². The predicted octanol–water partition coefficient (Wildman–Crippen LogP) is 3.83. The third-order valence-electron chi connectivity index (χ3n) is 6.75. The summed E-state index contributed by atoms with van der Waals surface area (Å²) in [4.78, 5) is 35.9. The van der Waals surface area contributed by atoms with Crippen molar-refractivity contribution in [1.82, 2.24) is 4.57 Å². The highest BCUT2D eigenvalue weighted by molar-refractivity contribution is 7.10. The number of hydrogen-bond acceptors (Lipinski definition) is 8. The molecule has 39 heavy (non-hydrogen) atoms. The summed E-state index contributed by atoms with van der Waals surface area (Å²) in [5.41, 5.74) is 3.61. The number of esters is 1. The van der Waals surface area contributed by atoms with Crippen LogP contribution in [0, 0.1) is 0 Å². The average molecular weight is 558 g/mol. The Bertz CT molecular complexity index is 1680. The Morgan fingerprint density at radius 2 is 1.85 bits per heavy atom. The van der Waals surface area contributed by atoms with Crippen LogP contribution in [0.4, 0.5) is 5.69 Å². The highest BCUT2D eigenvalue weighted by atomic mass is 32.1. The Labute approximate surface area is 233 Å². The summed E-state index contributed by atoms with van der Waals surface area (Å²) in [6.45, 7) is 5.20. The molecule has 2 aromatic heterocycles. The molecule has 0 aliphatic carbocycles. The van der Waals surface area contributed by atoms with E-state index in [9.17, 15) is 9.59 Å². The Hall–Kier alpha value is -3.79. The minimum absolute atomic E-state index is 0.177. The lowest BCUT2D eigenvalue weighted by Crippen LogP contribution is -2.39. The van der Waals surface area contributed by atoms with Gasteiger partial charge in [0.1, 0.15) is 6.04 Å². The Morgan fingerprint density at radius 3 is 2.54 bits per heavy atom. The van der Waals surface area contributed by atoms with Crippen molar-refractivity contribution in [2.24, 2.45) is 4.99 Å². The number of nitrogens with zero attached hydrogens (tertiary/aromatic N) is 3. The Kier molecular flexibility index (Phi) is 7.28. The van der Waals surface area contributed by atoms with E-state index in [0.29, 0.717) is 20.6 Å². The fourth-order valence-electron chi connectivity index (χ4n) is 4.91. The van der Waals surface area contributed by atoms with E-state index in [1.165, 1.54) is 22.7 Å². The van der Waals surface area contributed by atoms with Gasteiger partial charge in [0.25, 0.3) is 5.56 Å². The van der Waals surface area contributed by atoms with Crippen LogP contribution >= 0.6 is 22.7 Å². The monoisotopic (exact) mass is 557 g/mol. The van der Waals surface area contributed by atoms with Crippen molar-refractivity contribution >= 4 is 46.1 Å². The third-order valence-corrected chi connectivity index (χ3v) is 8.66. The molecule has 4 aromatic rings. The van der Waals surface area contributed by atoms with Gasteiger partial charge >= 0.3 is 5.97 Å². The number of aromatic nitrogens is 1. The minimum Gasteiger partial charge on any atom is -0.463 e. The SMILES string of the molecule is CCOC(=O)C1=C(c2ccccc2)N=c2s/c(=C/c3ccc(N4CCOCC4)cc3)c(=O)n2[C@H]1c1cccs1. The molecule has 1 fully saturated rings. The number of carbonyl (C=O) groups is 1. The van der Waals surface area contributed by atoms with E-state index >= 15 is 0 Å². The maximum atomic E-state index is 13.9. The van der Waals surface area contributed by atoms with Gasteiger partial charge < -0.3 is 14.4 Å². The minimum atomic E-state index is -0.624. The first-order valence-corrected chi connectivity index (χ1v) is 14.6. The molecule has 9 heteroatoms. The molecule has 2 aromatic carbocycles. The van der Waals surface area contributed by atoms with Crippen molar-refractivity contribution in [3.05, 3.63) is 113 Å². The van der Waals surface area contributed by atoms with E-state index in [2.05, 4.69) is 17.0 Å². The Balaban J connectivity index is 1.49. The molecule has 2 aliphatic rings. The van der Waals surface area contributed by atoms with E-state index in [0.717, 1.165) is 48.0 Å². The van der Waals surface area contributed by atoms with Crippen LogP contribution in [0.5, 0.6) is 0 Å². The molecule has 198 valence electrons. The number of thiazole rings is 1. The smallest absolute Gasteiger partial charge is 0.338 e. The number of ether oxygens (including phenoxy) is 2. The van der Waals surface area contributed by atoms with Crippen molar-refractivity contribution in [2.45, 2.75) is 13.0 Å². The lowest BCUT2D eigenvalue weighted by Gasteiger charge is -2.28. The fourth-order valence-corrected chi connectivity index (χ4v) is 6.74. The molecule has 6 rings (SSSR count). The molecule has 1 saturated heterocycles. The quantitative estimate of drug-likeness (QED) is 0.337. The first-order valence-electron chi connectivity index (χ1n) is 12.9. The fraction of sp³-hybridized carbons (Fsp3) is 0.233. The summed E-state index contributed by atoms with van der Waals surface area (Å²) >= 11 is 2.84. The van der Waals surface area contributed by atoms with Crippen LogP contribution in [0.25, 0.3) is 11.8 Å². The maximum absolute atomic E-state index is 13.9. The van der Waals surface area contributed by atoms with Gasteiger partial charge in [-0.2, -0.15) is 0 Å². The number of rotatable bonds is 6. The van der Waals surface area contributed by atoms with Gasteiger partial charge in [-0.15, -0.1) is 11.3 Å². The van der Waals surface area contributed by atoms with Crippen LogP contribution in [0.2, 0.25) is 0 Å². The molecular weight excluding hydrogens is 530 g/mol. The zero-order valence-corrected chi connectivity index (χ0v) is 23.0. The largest absolute Gasteiger partial charge is 0.463 e. The van der Waals surface area contributed by atoms with Crippen molar-refractivity contribution in [3.63, 3.8) is 0 Å². The average Bonchev–Trinajstić information content (AvgIpc) is 3.62. The zero-order chi connectivity index (χ0) is 26.8. The van der Waals surface area contributed by atoms with Gasteiger partial charge in [0.2, 0.25) is 0 Å². The second-order valence-corrected chi connectivity index (χ2v) is 11.1. The normalized spacial score (nSPS) is 17.6. The number of benzene rings is 2. The molecule has 0 N–H and O–H groups in total. The van der Waals surface area contributed by atoms with Gasteiger partial charge in [0, 0.05) is 29.2 Å². The topological polar surface area (TPSA) is 73.1 Å². The van der Waals surface area contributed by atoms with Gasteiger partial charge in [-0.25, -0.2) is 9.79 Å². The first-order chi connectivity index (χ1) is 19.1. The summed E-state index contributed by atoms with van der Waals surface area (Å²) in [5.74, 6) is -0.466. The molecule has 7 nitrogen and oxygen atoms in total. The van der Waals surface area contributed by atoms with E-state index in [4.69, 9.17) is 14.5 Å². The van der Waals surface area contributed by atoms with Crippen LogP contribution < -0.4 is 19.8 Å².